The molecule has 0 aliphatic rings. The van der Waals surface area contributed by atoms with Crippen LogP contribution < -0.4 is 20.2 Å². The third-order valence-corrected chi connectivity index (χ3v) is 4.61. The summed E-state index contributed by atoms with van der Waals surface area (Å²) < 4.78 is 10.4. The van der Waals surface area contributed by atoms with E-state index in [4.69, 9.17) is 21.1 Å². The van der Waals surface area contributed by atoms with Crippen LogP contribution in [0.3, 0.4) is 0 Å². The van der Waals surface area contributed by atoms with Gasteiger partial charge in [-0.05, 0) is 54.1 Å². The SMILES string of the molecule is COc1ccc(C(=O)Nc2ccc(Cl)cc2C(=O)NN=Cc2cccc(O)c2)cc1OC. The minimum atomic E-state index is -0.577. The summed E-state index contributed by atoms with van der Waals surface area (Å²) in [6.07, 6.45) is 1.38. The summed E-state index contributed by atoms with van der Waals surface area (Å²) >= 11 is 6.05. The van der Waals surface area contributed by atoms with Gasteiger partial charge < -0.3 is 19.9 Å². The van der Waals surface area contributed by atoms with E-state index in [0.717, 1.165) is 0 Å². The molecule has 3 aromatic carbocycles. The van der Waals surface area contributed by atoms with Gasteiger partial charge in [0.15, 0.2) is 11.5 Å². The number of carbonyl (C=O) groups is 2. The van der Waals surface area contributed by atoms with E-state index in [-0.39, 0.29) is 17.0 Å². The molecule has 0 bridgehead atoms. The van der Waals surface area contributed by atoms with E-state index in [1.807, 2.05) is 0 Å². The number of ether oxygens (including phenoxy) is 2. The van der Waals surface area contributed by atoms with Gasteiger partial charge in [0.05, 0.1) is 31.7 Å². The third-order valence-electron chi connectivity index (χ3n) is 4.37. The van der Waals surface area contributed by atoms with E-state index in [1.165, 1.54) is 50.8 Å². The number of nitrogens with zero attached hydrogens (tertiary/aromatic N) is 1. The van der Waals surface area contributed by atoms with E-state index >= 15 is 0 Å². The van der Waals surface area contributed by atoms with Gasteiger partial charge in [0.25, 0.3) is 11.8 Å². The summed E-state index contributed by atoms with van der Waals surface area (Å²) in [5, 5.41) is 16.4. The number of methoxy groups -OCH3 is 2. The summed E-state index contributed by atoms with van der Waals surface area (Å²) in [5.41, 5.74) is 3.66. The van der Waals surface area contributed by atoms with Crippen molar-refractivity contribution in [3.05, 3.63) is 82.4 Å². The number of phenols is 1. The zero-order valence-electron chi connectivity index (χ0n) is 17.3. The Bertz CT molecular complexity index is 1180. The quantitative estimate of drug-likeness (QED) is 0.369. The van der Waals surface area contributed by atoms with E-state index in [2.05, 4.69) is 15.8 Å². The molecule has 0 aliphatic heterocycles. The van der Waals surface area contributed by atoms with Gasteiger partial charge in [-0.15, -0.1) is 0 Å². The number of aromatic hydroxyl groups is 1. The van der Waals surface area contributed by atoms with E-state index in [1.54, 1.807) is 30.3 Å². The van der Waals surface area contributed by atoms with Crippen LogP contribution >= 0.6 is 11.6 Å². The number of phenolic OH excluding ortho intramolecular Hbond substituents is 1. The first-order valence-corrected chi connectivity index (χ1v) is 9.74. The summed E-state index contributed by atoms with van der Waals surface area (Å²) in [6.45, 7) is 0. The van der Waals surface area contributed by atoms with E-state index in [9.17, 15) is 14.7 Å². The fraction of sp³-hybridized carbons (Fsp3) is 0.0870. The highest BCUT2D eigenvalue weighted by atomic mass is 35.5. The number of halogens is 1. The lowest BCUT2D eigenvalue weighted by Gasteiger charge is -2.12. The number of amides is 2. The summed E-state index contributed by atoms with van der Waals surface area (Å²) in [4.78, 5) is 25.4. The van der Waals surface area contributed by atoms with Crippen molar-refractivity contribution in [2.75, 3.05) is 19.5 Å². The maximum atomic E-state index is 12.7. The third kappa shape index (κ3) is 5.55. The number of hydrogen-bond donors (Lipinski definition) is 3. The Balaban J connectivity index is 1.78. The van der Waals surface area contributed by atoms with Crippen molar-refractivity contribution in [2.24, 2.45) is 5.10 Å². The van der Waals surface area contributed by atoms with E-state index in [0.29, 0.717) is 27.6 Å². The molecule has 8 nitrogen and oxygen atoms in total. The van der Waals surface area contributed by atoms with Crippen LogP contribution in [0.4, 0.5) is 5.69 Å². The first kappa shape index (κ1) is 22.6. The summed E-state index contributed by atoms with van der Waals surface area (Å²) in [5.74, 6) is -0.0666. The first-order valence-electron chi connectivity index (χ1n) is 9.36. The van der Waals surface area contributed by atoms with Crippen LogP contribution in [0.2, 0.25) is 5.02 Å². The highest BCUT2D eigenvalue weighted by Crippen LogP contribution is 2.28. The Morgan fingerprint density at radius 2 is 1.75 bits per heavy atom. The van der Waals surface area contributed by atoms with Gasteiger partial charge in [0.2, 0.25) is 0 Å². The summed E-state index contributed by atoms with van der Waals surface area (Å²) in [6, 6.07) is 15.6. The highest BCUT2D eigenvalue weighted by molar-refractivity contribution is 6.31. The average Bonchev–Trinajstić information content (AvgIpc) is 2.79. The fourth-order valence-electron chi connectivity index (χ4n) is 2.82. The van der Waals surface area contributed by atoms with Crippen molar-refractivity contribution >= 4 is 35.3 Å². The molecule has 0 aliphatic carbocycles. The smallest absolute Gasteiger partial charge is 0.273 e. The van der Waals surface area contributed by atoms with Crippen LogP contribution in [0.25, 0.3) is 0 Å². The number of benzene rings is 3. The topological polar surface area (TPSA) is 109 Å². The molecule has 32 heavy (non-hydrogen) atoms. The van der Waals surface area contributed by atoms with Gasteiger partial charge >= 0.3 is 0 Å². The van der Waals surface area contributed by atoms with Gasteiger partial charge in [-0.25, -0.2) is 5.43 Å². The zero-order valence-corrected chi connectivity index (χ0v) is 18.0. The molecule has 0 fully saturated rings. The molecule has 0 atom stereocenters. The van der Waals surface area contributed by atoms with Crippen LogP contribution in [-0.2, 0) is 0 Å². The Morgan fingerprint density at radius 1 is 0.969 bits per heavy atom. The van der Waals surface area contributed by atoms with Crippen molar-refractivity contribution in [2.45, 2.75) is 0 Å². The number of hydrazone groups is 1. The van der Waals surface area contributed by atoms with Crippen LogP contribution in [0.15, 0.2) is 65.8 Å². The molecular formula is C23H20ClN3O5. The lowest BCUT2D eigenvalue weighted by Crippen LogP contribution is -2.21. The molecule has 2 amide bonds. The van der Waals surface area contributed by atoms with Crippen LogP contribution in [0.1, 0.15) is 26.3 Å². The van der Waals surface area contributed by atoms with Crippen molar-refractivity contribution < 1.29 is 24.2 Å². The van der Waals surface area contributed by atoms with Crippen LogP contribution in [-0.4, -0.2) is 37.4 Å². The fourth-order valence-corrected chi connectivity index (χ4v) is 2.99. The Labute approximate surface area is 189 Å². The average molecular weight is 454 g/mol. The maximum absolute atomic E-state index is 12.7. The number of anilines is 1. The highest BCUT2D eigenvalue weighted by Gasteiger charge is 2.16. The molecule has 0 saturated carbocycles. The molecule has 0 unspecified atom stereocenters. The zero-order chi connectivity index (χ0) is 23.1. The van der Waals surface area contributed by atoms with E-state index < -0.39 is 11.8 Å². The van der Waals surface area contributed by atoms with Gasteiger partial charge in [0.1, 0.15) is 5.75 Å². The molecule has 164 valence electrons. The number of hydrogen-bond acceptors (Lipinski definition) is 6. The largest absolute Gasteiger partial charge is 0.508 e. The molecule has 3 N–H and O–H groups in total. The molecule has 0 spiro atoms. The standard InChI is InChI=1S/C23H20ClN3O5/c1-31-20-9-6-15(11-21(20)32-2)22(29)26-19-8-7-16(24)12-18(19)23(30)27-25-13-14-4-3-5-17(28)10-14/h3-13,28H,1-2H3,(H,26,29)(H,27,30). The Kier molecular flexibility index (Phi) is 7.30. The lowest BCUT2D eigenvalue weighted by molar-refractivity contribution is 0.0956. The monoisotopic (exact) mass is 453 g/mol. The van der Waals surface area contributed by atoms with Crippen LogP contribution in [0, 0.1) is 0 Å². The van der Waals surface area contributed by atoms with Crippen LogP contribution in [0.5, 0.6) is 17.2 Å². The molecule has 0 heterocycles. The maximum Gasteiger partial charge on any atom is 0.273 e. The minimum absolute atomic E-state index is 0.0790. The molecule has 0 saturated heterocycles. The number of nitrogens with one attached hydrogen (secondary N) is 2. The molecule has 0 aromatic heterocycles. The predicted octanol–water partition coefficient (Wildman–Crippen LogP) is 4.08. The number of rotatable bonds is 7. The van der Waals surface area contributed by atoms with Gasteiger partial charge in [-0.1, -0.05) is 23.7 Å². The van der Waals surface area contributed by atoms with Gasteiger partial charge in [-0.3, -0.25) is 9.59 Å². The number of carbonyl (C=O) groups excluding carboxylic acids is 2. The first-order chi connectivity index (χ1) is 15.4. The Morgan fingerprint density at radius 3 is 2.47 bits per heavy atom. The van der Waals surface area contributed by atoms with Crippen molar-refractivity contribution in [1.29, 1.82) is 0 Å². The second kappa shape index (κ2) is 10.3. The summed E-state index contributed by atoms with van der Waals surface area (Å²) in [7, 11) is 2.97. The predicted molar refractivity (Wildman–Crippen MR) is 122 cm³/mol. The second-order valence-electron chi connectivity index (χ2n) is 6.51. The minimum Gasteiger partial charge on any atom is -0.508 e. The molecule has 0 radical (unpaired) electrons. The molecule has 3 rings (SSSR count). The van der Waals surface area contributed by atoms with Crippen molar-refractivity contribution in [3.8, 4) is 17.2 Å². The van der Waals surface area contributed by atoms with Gasteiger partial charge in [-0.2, -0.15) is 5.10 Å². The molecule has 3 aromatic rings. The Hall–Kier alpha value is -4.04. The van der Waals surface area contributed by atoms with Crippen molar-refractivity contribution in [3.63, 3.8) is 0 Å². The van der Waals surface area contributed by atoms with Crippen molar-refractivity contribution in [1.82, 2.24) is 5.43 Å². The van der Waals surface area contributed by atoms with Gasteiger partial charge in [0, 0.05) is 10.6 Å². The second-order valence-corrected chi connectivity index (χ2v) is 6.94. The normalized spacial score (nSPS) is 10.6. The lowest BCUT2D eigenvalue weighted by atomic mass is 10.1. The molecule has 9 heteroatoms. The molecular weight excluding hydrogens is 434 g/mol.